The predicted octanol–water partition coefficient (Wildman–Crippen LogP) is 8.99. The van der Waals surface area contributed by atoms with Crippen molar-refractivity contribution in [2.45, 2.75) is 78.3 Å². The van der Waals surface area contributed by atoms with E-state index >= 15 is 0 Å². The lowest BCUT2D eigenvalue weighted by Crippen LogP contribution is -2.09. The van der Waals surface area contributed by atoms with Gasteiger partial charge in [0.05, 0.1) is 41.2 Å². The topological polar surface area (TPSA) is 239 Å². The molecular weight excluding hydrogens is 893 g/mol. The van der Waals surface area contributed by atoms with Gasteiger partial charge in [-0.25, -0.2) is 29.1 Å². The van der Waals surface area contributed by atoms with Crippen molar-refractivity contribution in [2.24, 2.45) is 0 Å². The zero-order valence-corrected chi connectivity index (χ0v) is 38.6. The van der Waals surface area contributed by atoms with Gasteiger partial charge in [0.1, 0.15) is 11.6 Å². The van der Waals surface area contributed by atoms with Gasteiger partial charge in [0.25, 0.3) is 10.1 Å². The Morgan fingerprint density at radius 3 is 1.25 bits per heavy atom. The van der Waals surface area contributed by atoms with Crippen LogP contribution in [0.2, 0.25) is 0 Å². The van der Waals surface area contributed by atoms with Crippen LogP contribution < -0.4 is 0 Å². The average molecular weight is 945 g/mol. The number of rotatable bonds is 20. The maximum atomic E-state index is 11.8. The maximum Gasteiger partial charge on any atom is 0.335 e. The highest BCUT2D eigenvalue weighted by atomic mass is 32.2. The van der Waals surface area contributed by atoms with Crippen molar-refractivity contribution in [3.05, 3.63) is 162 Å². The highest BCUT2D eigenvalue weighted by Crippen LogP contribution is 2.22. The number of carboxylic acids is 4. The maximum absolute atomic E-state index is 11.8. The summed E-state index contributed by atoms with van der Waals surface area (Å²) < 4.78 is 29.9. The van der Waals surface area contributed by atoms with Gasteiger partial charge in [-0.15, -0.1) is 22.7 Å². The van der Waals surface area contributed by atoms with Gasteiger partial charge < -0.3 is 29.6 Å². The summed E-state index contributed by atoms with van der Waals surface area (Å²) in [6.07, 6.45) is 13.9. The van der Waals surface area contributed by atoms with Crippen LogP contribution in [-0.4, -0.2) is 82.6 Å². The molecule has 0 radical (unpaired) electrons. The summed E-state index contributed by atoms with van der Waals surface area (Å²) in [5.41, 5.74) is 4.42. The molecule has 344 valence electrons. The molecule has 0 saturated carbocycles. The van der Waals surface area contributed by atoms with Crippen LogP contribution in [0.25, 0.3) is 12.2 Å². The molecule has 0 spiro atoms. The molecule has 0 amide bonds. The van der Waals surface area contributed by atoms with Gasteiger partial charge >= 0.3 is 23.9 Å². The number of hydrogen-bond donors (Lipinski definition) is 5. The first kappa shape index (κ1) is 51.2. The van der Waals surface area contributed by atoms with Crippen molar-refractivity contribution >= 4 is 68.8 Å². The molecule has 65 heavy (non-hydrogen) atoms. The van der Waals surface area contributed by atoms with Gasteiger partial charge in [-0.2, -0.15) is 8.42 Å². The highest BCUT2D eigenvalue weighted by Gasteiger charge is 2.17. The summed E-state index contributed by atoms with van der Waals surface area (Å²) in [4.78, 5) is 56.9. The normalized spacial score (nSPS) is 11.6. The molecule has 0 aliphatic heterocycles. The summed E-state index contributed by atoms with van der Waals surface area (Å²) in [5.74, 6) is -2.03. The van der Waals surface area contributed by atoms with Crippen LogP contribution >= 0.6 is 22.7 Å². The number of carboxylic acid groups (broad SMARTS) is 4. The van der Waals surface area contributed by atoms with E-state index in [0.29, 0.717) is 43.3 Å². The number of nitrogens with zero attached hydrogens (tertiary/aromatic N) is 4. The first-order valence-corrected chi connectivity index (χ1v) is 24.1. The fourth-order valence-corrected chi connectivity index (χ4v) is 7.78. The molecule has 6 aromatic rings. The fourth-order valence-electron chi connectivity index (χ4n) is 6.33. The number of thiophene rings is 2. The molecule has 0 bridgehead atoms. The minimum Gasteiger partial charge on any atom is -0.478 e. The molecule has 2 aromatic carbocycles. The molecule has 0 aliphatic carbocycles. The number of imidazole rings is 2. The molecule has 4 heterocycles. The van der Waals surface area contributed by atoms with Crippen LogP contribution in [0.1, 0.15) is 104 Å². The molecule has 18 heteroatoms. The molecule has 0 unspecified atom stereocenters. The second-order valence-electron chi connectivity index (χ2n) is 14.8. The SMILES string of the molecule is CCCCc1ncc(/C=C(\Cc2cccs2)C(=O)O)n1Cc1ccc(C(=O)O)cc1.CCCCc1ncc(/C=C(\Cc2cccs2)C(=O)O)n1Cc1ccc(C(=O)O)cc1.CS(=O)(=O)O. The summed E-state index contributed by atoms with van der Waals surface area (Å²) in [5, 5.41) is 41.5. The van der Waals surface area contributed by atoms with E-state index in [1.54, 1.807) is 73.1 Å². The van der Waals surface area contributed by atoms with Crippen molar-refractivity contribution in [1.82, 2.24) is 19.1 Å². The minimum atomic E-state index is -3.67. The molecule has 5 N–H and O–H groups in total. The number of carbonyl (C=O) groups is 4. The number of aromatic carboxylic acids is 2. The zero-order chi connectivity index (χ0) is 47.5. The first-order chi connectivity index (χ1) is 30.9. The molecule has 0 atom stereocenters. The van der Waals surface area contributed by atoms with E-state index < -0.39 is 34.0 Å². The van der Waals surface area contributed by atoms with Gasteiger partial charge in [-0.3, -0.25) is 4.55 Å². The second kappa shape index (κ2) is 25.1. The van der Waals surface area contributed by atoms with Crippen molar-refractivity contribution < 1.29 is 52.6 Å². The standard InChI is InChI=1S/2C23H24N2O4S.CH4O3S/c2*1-2-3-6-21-24-14-19(12-18(23(28)29)13-20-5-4-11-30-20)25(21)15-16-7-9-17(10-8-16)22(26)27;1-5(2,3)4/h2*4-5,7-12,14H,2-3,6,13,15H2,1H3,(H,26,27)(H,28,29);1H3,(H,2,3,4)/b2*18-12+;. The first-order valence-electron chi connectivity index (χ1n) is 20.5. The van der Waals surface area contributed by atoms with Crippen LogP contribution in [0.4, 0.5) is 0 Å². The summed E-state index contributed by atoms with van der Waals surface area (Å²) in [7, 11) is -3.67. The summed E-state index contributed by atoms with van der Waals surface area (Å²) >= 11 is 3.06. The Morgan fingerprint density at radius 2 is 0.969 bits per heavy atom. The summed E-state index contributed by atoms with van der Waals surface area (Å²) in [6.45, 7) is 5.22. The lowest BCUT2D eigenvalue weighted by atomic mass is 10.1. The van der Waals surface area contributed by atoms with E-state index in [9.17, 15) is 37.8 Å². The van der Waals surface area contributed by atoms with Gasteiger partial charge in [-0.05, 0) is 83.3 Å². The third kappa shape index (κ3) is 17.2. The average Bonchev–Trinajstić information content (AvgIpc) is 4.10. The van der Waals surface area contributed by atoms with Gasteiger partial charge in [0.2, 0.25) is 0 Å². The summed E-state index contributed by atoms with van der Waals surface area (Å²) in [6, 6.07) is 21.1. The number of aliphatic carboxylic acids is 2. The van der Waals surface area contributed by atoms with E-state index in [1.165, 1.54) is 22.7 Å². The van der Waals surface area contributed by atoms with E-state index in [2.05, 4.69) is 23.8 Å². The largest absolute Gasteiger partial charge is 0.478 e. The smallest absolute Gasteiger partial charge is 0.335 e. The second-order valence-corrected chi connectivity index (χ2v) is 18.3. The Kier molecular flexibility index (Phi) is 19.8. The van der Waals surface area contributed by atoms with E-state index in [1.807, 2.05) is 44.2 Å². The monoisotopic (exact) mass is 944 g/mol. The number of hydrogen-bond acceptors (Lipinski definition) is 10. The molecule has 0 aliphatic rings. The van der Waals surface area contributed by atoms with Crippen molar-refractivity contribution in [2.75, 3.05) is 6.26 Å². The minimum absolute atomic E-state index is 0.236. The van der Waals surface area contributed by atoms with Crippen molar-refractivity contribution in [3.8, 4) is 0 Å². The van der Waals surface area contributed by atoms with E-state index in [-0.39, 0.29) is 11.1 Å². The molecule has 6 rings (SSSR count). The van der Waals surface area contributed by atoms with Crippen LogP contribution in [0.3, 0.4) is 0 Å². The Balaban J connectivity index is 0.000000258. The molecular formula is C47H52N4O11S3. The fraction of sp³-hybridized carbons (Fsp3) is 0.277. The number of aryl methyl sites for hydroxylation is 2. The Bertz CT molecular complexity index is 2480. The van der Waals surface area contributed by atoms with Gasteiger partial charge in [0.15, 0.2) is 0 Å². The van der Waals surface area contributed by atoms with Crippen LogP contribution in [0.5, 0.6) is 0 Å². The van der Waals surface area contributed by atoms with Gasteiger partial charge in [0, 0.05) is 59.7 Å². The molecule has 4 aromatic heterocycles. The lowest BCUT2D eigenvalue weighted by Gasteiger charge is -2.12. The molecule has 0 fully saturated rings. The quantitative estimate of drug-likeness (QED) is 0.0355. The van der Waals surface area contributed by atoms with Crippen molar-refractivity contribution in [3.63, 3.8) is 0 Å². The third-order valence-corrected chi connectivity index (χ3v) is 11.4. The molecule has 15 nitrogen and oxygen atoms in total. The third-order valence-electron chi connectivity index (χ3n) is 9.61. The van der Waals surface area contributed by atoms with Crippen molar-refractivity contribution in [1.29, 1.82) is 0 Å². The Labute approximate surface area is 385 Å². The predicted molar refractivity (Wildman–Crippen MR) is 251 cm³/mol. The zero-order valence-electron chi connectivity index (χ0n) is 36.2. The van der Waals surface area contributed by atoms with Crippen LogP contribution in [-0.2, 0) is 58.5 Å². The highest BCUT2D eigenvalue weighted by molar-refractivity contribution is 7.85. The Morgan fingerprint density at radius 1 is 0.615 bits per heavy atom. The van der Waals surface area contributed by atoms with Gasteiger partial charge in [-0.1, -0.05) is 63.1 Å². The van der Waals surface area contributed by atoms with Crippen LogP contribution in [0.15, 0.2) is 107 Å². The number of benzene rings is 2. The van der Waals surface area contributed by atoms with Crippen LogP contribution in [0, 0.1) is 0 Å². The lowest BCUT2D eigenvalue weighted by molar-refractivity contribution is -0.133. The number of aromatic nitrogens is 4. The van der Waals surface area contributed by atoms with E-state index in [4.69, 9.17) is 14.8 Å². The Hall–Kier alpha value is -6.47. The molecule has 0 saturated heterocycles. The number of unbranched alkanes of at least 4 members (excludes halogenated alkanes) is 2. The van der Waals surface area contributed by atoms with E-state index in [0.717, 1.165) is 82.4 Å².